The molecule has 0 amide bonds. The molecule has 0 bridgehead atoms. The van der Waals surface area contributed by atoms with Crippen LogP contribution in [0, 0.1) is 0 Å². The Morgan fingerprint density at radius 3 is 2.02 bits per heavy atom. The number of phenolic OH excluding ortho intramolecular Hbond substituents is 2. The van der Waals surface area contributed by atoms with Crippen molar-refractivity contribution in [1.29, 1.82) is 0 Å². The molecule has 228 valence electrons. The van der Waals surface area contributed by atoms with Crippen molar-refractivity contribution in [2.24, 2.45) is 0 Å². The number of fused-ring (bicyclic) bond motifs is 1. The molecule has 3 aromatic carbocycles. The van der Waals surface area contributed by atoms with Crippen molar-refractivity contribution in [3.63, 3.8) is 0 Å². The maximum atomic E-state index is 13.6. The van der Waals surface area contributed by atoms with Gasteiger partial charge in [0, 0.05) is 66.0 Å². The molecule has 0 atom stereocenters. The second kappa shape index (κ2) is 14.9. The van der Waals surface area contributed by atoms with Gasteiger partial charge in [-0.25, -0.2) is 0 Å². The number of phenols is 2. The van der Waals surface area contributed by atoms with E-state index in [0.29, 0.717) is 0 Å². The van der Waals surface area contributed by atoms with Gasteiger partial charge in [-0.05, 0) is 42.7 Å². The van der Waals surface area contributed by atoms with E-state index < -0.39 is 41.2 Å². The van der Waals surface area contributed by atoms with Gasteiger partial charge in [0.05, 0.1) is 0 Å². The van der Waals surface area contributed by atoms with Crippen LogP contribution in [0.5, 0.6) is 11.5 Å². The van der Waals surface area contributed by atoms with Gasteiger partial charge in [0.15, 0.2) is 28.8 Å². The lowest BCUT2D eigenvalue weighted by Crippen LogP contribution is -2.23. The van der Waals surface area contributed by atoms with Gasteiger partial charge in [-0.15, -0.1) is 0 Å². The molecule has 3 aromatic rings. The average Bonchev–Trinajstić information content (AvgIpc) is 3.03. The molecule has 44 heavy (non-hydrogen) atoms. The second-order valence-electron chi connectivity index (χ2n) is 10.3. The largest absolute Gasteiger partial charge is 0.510 e. The highest BCUT2D eigenvalue weighted by atomic mass is 16.4. The van der Waals surface area contributed by atoms with E-state index in [2.05, 4.69) is 11.3 Å². The summed E-state index contributed by atoms with van der Waals surface area (Å²) in [7, 11) is 3.25. The summed E-state index contributed by atoms with van der Waals surface area (Å²) in [5, 5.41) is 41.0. The minimum Gasteiger partial charge on any atom is -0.510 e. The van der Waals surface area contributed by atoms with E-state index in [4.69, 9.17) is 0 Å². The molecule has 4 rings (SSSR count). The van der Waals surface area contributed by atoms with Gasteiger partial charge in [0.1, 0.15) is 12.4 Å². The van der Waals surface area contributed by atoms with Crippen LogP contribution in [-0.4, -0.2) is 58.6 Å². The molecule has 0 fully saturated rings. The number of aromatic hydroxyl groups is 2. The first-order valence-corrected chi connectivity index (χ1v) is 13.8. The van der Waals surface area contributed by atoms with E-state index in [1.807, 2.05) is 24.3 Å². The molecule has 8 heteroatoms. The number of aliphatic hydroxyl groups excluding tert-OH is 2. The normalized spacial score (nSPS) is 13.5. The van der Waals surface area contributed by atoms with E-state index in [1.165, 1.54) is 19.9 Å². The van der Waals surface area contributed by atoms with E-state index in [1.54, 1.807) is 50.6 Å². The Morgan fingerprint density at radius 1 is 0.932 bits per heavy atom. The number of Topliss-reactive ketones (excluding diaryl/α,β-unsaturated/α-hetero) is 3. The fourth-order valence-corrected chi connectivity index (χ4v) is 4.86. The number of hydrogen-bond donors (Lipinski definition) is 4. The third-order valence-electron chi connectivity index (χ3n) is 7.14. The molecule has 0 saturated heterocycles. The van der Waals surface area contributed by atoms with Gasteiger partial charge in [0.2, 0.25) is 0 Å². The predicted octanol–water partition coefficient (Wildman–Crippen LogP) is 5.77. The van der Waals surface area contributed by atoms with Crippen LogP contribution in [0.3, 0.4) is 0 Å². The molecule has 0 aromatic heterocycles. The Kier molecular flexibility index (Phi) is 11.3. The highest BCUT2D eigenvalue weighted by Gasteiger charge is 2.34. The van der Waals surface area contributed by atoms with E-state index >= 15 is 0 Å². The summed E-state index contributed by atoms with van der Waals surface area (Å²) in [5.41, 5.74) is 1.87. The molecular formula is C36H36O8. The summed E-state index contributed by atoms with van der Waals surface area (Å²) in [6.07, 6.45) is 1.55. The average molecular weight is 597 g/mol. The topological polar surface area (TPSA) is 141 Å². The lowest BCUT2D eigenvalue weighted by molar-refractivity contribution is -0.112. The standard InChI is InChI=1S/C34H30O7.C2H6O/c1-19(31(38)20(2)24(29(37)18-35)15-22-10-6-4-7-11-22)14-25-21(3)32(39)30-26(16-23-12-8-5-9-13-23)34(41)28(36)17-27(30)33(25)40;1-3-2/h4-14,17,35-37,41H,2,15-16,18H2,1,3H3;1-2H3/b19-14+,29-24+;. The van der Waals surface area contributed by atoms with Crippen LogP contribution in [0.25, 0.3) is 0 Å². The van der Waals surface area contributed by atoms with Crippen molar-refractivity contribution in [2.75, 3.05) is 20.8 Å². The number of aliphatic hydroxyl groups is 2. The Balaban J connectivity index is 0.00000169. The molecule has 0 unspecified atom stereocenters. The van der Waals surface area contributed by atoms with Crippen molar-refractivity contribution < 1.29 is 39.5 Å². The van der Waals surface area contributed by atoms with Crippen LogP contribution in [0.1, 0.15) is 51.3 Å². The third-order valence-corrected chi connectivity index (χ3v) is 7.14. The van der Waals surface area contributed by atoms with Crippen molar-refractivity contribution >= 4 is 17.3 Å². The molecular weight excluding hydrogens is 560 g/mol. The number of ketones is 3. The fraction of sp³-hybridized carbons (Fsp3) is 0.194. The number of benzene rings is 3. The molecule has 0 aliphatic heterocycles. The van der Waals surface area contributed by atoms with Crippen LogP contribution in [-0.2, 0) is 22.4 Å². The van der Waals surface area contributed by atoms with Crippen molar-refractivity contribution in [3.05, 3.63) is 141 Å². The number of rotatable bonds is 9. The second-order valence-corrected chi connectivity index (χ2v) is 10.3. The first-order chi connectivity index (χ1) is 21.0. The zero-order valence-corrected chi connectivity index (χ0v) is 25.2. The monoisotopic (exact) mass is 596 g/mol. The van der Waals surface area contributed by atoms with Crippen LogP contribution in [0.2, 0.25) is 0 Å². The van der Waals surface area contributed by atoms with Crippen molar-refractivity contribution in [3.8, 4) is 11.5 Å². The zero-order valence-electron chi connectivity index (χ0n) is 25.2. The third kappa shape index (κ3) is 7.29. The summed E-state index contributed by atoms with van der Waals surface area (Å²) in [6, 6.07) is 19.2. The number of hydrogen-bond acceptors (Lipinski definition) is 8. The Labute approximate surface area is 256 Å². The van der Waals surface area contributed by atoms with Gasteiger partial charge in [0.25, 0.3) is 0 Å². The molecule has 1 aliphatic rings. The Bertz CT molecular complexity index is 1680. The number of carbonyl (C=O) groups is 3. The number of methoxy groups -OCH3 is 1. The van der Waals surface area contributed by atoms with Crippen molar-refractivity contribution in [2.45, 2.75) is 26.7 Å². The minimum atomic E-state index is -0.688. The highest BCUT2D eigenvalue weighted by molar-refractivity contribution is 6.29. The van der Waals surface area contributed by atoms with Crippen LogP contribution in [0.15, 0.2) is 113 Å². The number of ether oxygens (including phenoxy) is 1. The van der Waals surface area contributed by atoms with E-state index in [-0.39, 0.29) is 57.4 Å². The maximum Gasteiger partial charge on any atom is 0.194 e. The molecule has 0 saturated carbocycles. The molecule has 0 radical (unpaired) electrons. The minimum absolute atomic E-state index is 0.0122. The van der Waals surface area contributed by atoms with Gasteiger partial charge >= 0.3 is 0 Å². The molecule has 0 heterocycles. The van der Waals surface area contributed by atoms with Crippen LogP contribution in [0.4, 0.5) is 0 Å². The first-order valence-electron chi connectivity index (χ1n) is 13.8. The Morgan fingerprint density at radius 2 is 1.48 bits per heavy atom. The summed E-state index contributed by atoms with van der Waals surface area (Å²) in [4.78, 5) is 40.6. The first kappa shape index (κ1) is 33.5. The zero-order chi connectivity index (χ0) is 32.6. The van der Waals surface area contributed by atoms with Gasteiger partial charge in [-0.2, -0.15) is 0 Å². The van der Waals surface area contributed by atoms with Gasteiger partial charge in [-0.1, -0.05) is 67.2 Å². The SMILES string of the molecule is C=C(C(=O)/C(C)=C/C1=C(C)C(=O)c2c(cc(O)c(O)c2Cc2ccccc2)C1=O)/C(Cc1ccccc1)=C(/O)CO.COC. The molecule has 0 spiro atoms. The van der Waals surface area contributed by atoms with E-state index in [9.17, 15) is 34.8 Å². The lowest BCUT2D eigenvalue weighted by Gasteiger charge is -2.22. The van der Waals surface area contributed by atoms with Gasteiger partial charge in [-0.3, -0.25) is 14.4 Å². The number of allylic oxidation sites excluding steroid dienone is 6. The molecule has 1 aliphatic carbocycles. The summed E-state index contributed by atoms with van der Waals surface area (Å²) in [6.45, 7) is 6.09. The summed E-state index contributed by atoms with van der Waals surface area (Å²) in [5.74, 6) is -3.07. The Hall–Kier alpha value is -5.05. The van der Waals surface area contributed by atoms with Crippen LogP contribution >= 0.6 is 0 Å². The highest BCUT2D eigenvalue weighted by Crippen LogP contribution is 2.40. The van der Waals surface area contributed by atoms with E-state index in [0.717, 1.165) is 17.2 Å². The lowest BCUT2D eigenvalue weighted by atomic mass is 9.79. The van der Waals surface area contributed by atoms with Crippen molar-refractivity contribution in [1.82, 2.24) is 0 Å². The fourth-order valence-electron chi connectivity index (χ4n) is 4.86. The summed E-state index contributed by atoms with van der Waals surface area (Å²) >= 11 is 0. The molecule has 4 N–H and O–H groups in total. The van der Waals surface area contributed by atoms with Gasteiger partial charge < -0.3 is 25.2 Å². The van der Waals surface area contributed by atoms with Crippen LogP contribution < -0.4 is 0 Å². The number of carbonyl (C=O) groups excluding carboxylic acids is 3. The summed E-state index contributed by atoms with van der Waals surface area (Å²) < 4.78 is 4.25. The smallest absolute Gasteiger partial charge is 0.194 e. The molecule has 8 nitrogen and oxygen atoms in total. The predicted molar refractivity (Wildman–Crippen MR) is 168 cm³/mol. The quantitative estimate of drug-likeness (QED) is 0.106. The maximum absolute atomic E-state index is 13.6.